The molecule has 2 aromatic rings. The number of hydrogen-bond donors (Lipinski definition) is 1. The van der Waals surface area contributed by atoms with Crippen LogP contribution in [0, 0.1) is 0 Å². The Bertz CT molecular complexity index is 622. The van der Waals surface area contributed by atoms with Gasteiger partial charge in [0.25, 0.3) is 0 Å². The summed E-state index contributed by atoms with van der Waals surface area (Å²) in [4.78, 5) is 2.49. The fourth-order valence-corrected chi connectivity index (χ4v) is 3.53. The molecule has 0 aromatic heterocycles. The first-order valence-corrected chi connectivity index (χ1v) is 7.86. The van der Waals surface area contributed by atoms with Gasteiger partial charge in [-0.1, -0.05) is 43.3 Å². The first kappa shape index (κ1) is 14.0. The van der Waals surface area contributed by atoms with Crippen LogP contribution in [0.25, 0.3) is 0 Å². The van der Waals surface area contributed by atoms with Gasteiger partial charge in [0, 0.05) is 17.3 Å². The van der Waals surface area contributed by atoms with Gasteiger partial charge in [0.2, 0.25) is 0 Å². The summed E-state index contributed by atoms with van der Waals surface area (Å²) in [5, 5.41) is 10.3. The van der Waals surface area contributed by atoms with Gasteiger partial charge < -0.3 is 10.0 Å². The first-order valence-electron chi connectivity index (χ1n) is 7.86. The van der Waals surface area contributed by atoms with Crippen LogP contribution in [0.5, 0.6) is 5.75 Å². The number of para-hydroxylation sites is 2. The molecule has 0 spiro atoms. The van der Waals surface area contributed by atoms with Crippen molar-refractivity contribution in [2.45, 2.75) is 45.2 Å². The summed E-state index contributed by atoms with van der Waals surface area (Å²) in [6.07, 6.45) is 3.29. The molecule has 0 bridgehead atoms. The predicted octanol–water partition coefficient (Wildman–Crippen LogP) is 4.68. The highest BCUT2D eigenvalue weighted by atomic mass is 16.3. The molecular weight excluding hydrogens is 258 g/mol. The normalized spacial score (nSPS) is 19.1. The van der Waals surface area contributed by atoms with Gasteiger partial charge in [-0.2, -0.15) is 0 Å². The molecule has 0 saturated carbocycles. The second-order valence-electron chi connectivity index (χ2n) is 5.91. The van der Waals surface area contributed by atoms with E-state index in [1.165, 1.54) is 17.7 Å². The monoisotopic (exact) mass is 281 g/mol. The summed E-state index contributed by atoms with van der Waals surface area (Å²) >= 11 is 0. The van der Waals surface area contributed by atoms with Gasteiger partial charge in [0.1, 0.15) is 5.75 Å². The number of hydrogen-bond acceptors (Lipinski definition) is 2. The number of aromatic hydroxyl groups is 1. The lowest BCUT2D eigenvalue weighted by molar-refractivity contribution is 0.438. The average molecular weight is 281 g/mol. The summed E-state index contributed by atoms with van der Waals surface area (Å²) in [5.41, 5.74) is 3.78. The molecule has 1 aliphatic rings. The van der Waals surface area contributed by atoms with Crippen LogP contribution in [0.15, 0.2) is 48.5 Å². The second-order valence-corrected chi connectivity index (χ2v) is 5.91. The number of aryl methyl sites for hydroxylation is 1. The minimum Gasteiger partial charge on any atom is -0.508 e. The number of phenolic OH excluding ortho intramolecular Hbond substituents is 1. The van der Waals surface area contributed by atoms with Crippen molar-refractivity contribution in [3.05, 3.63) is 59.7 Å². The predicted molar refractivity (Wildman–Crippen MR) is 87.8 cm³/mol. The van der Waals surface area contributed by atoms with E-state index < -0.39 is 0 Å². The molecule has 0 amide bonds. The van der Waals surface area contributed by atoms with Crippen molar-refractivity contribution < 1.29 is 5.11 Å². The fraction of sp³-hybridized carbons (Fsp3) is 0.368. The van der Waals surface area contributed by atoms with Crippen molar-refractivity contribution >= 4 is 5.69 Å². The Morgan fingerprint density at radius 3 is 2.62 bits per heavy atom. The molecule has 2 nitrogen and oxygen atoms in total. The van der Waals surface area contributed by atoms with Crippen molar-refractivity contribution in [2.24, 2.45) is 0 Å². The van der Waals surface area contributed by atoms with Crippen LogP contribution in [0.2, 0.25) is 0 Å². The number of anilines is 1. The van der Waals surface area contributed by atoms with Crippen molar-refractivity contribution in [1.82, 2.24) is 0 Å². The molecule has 0 aliphatic carbocycles. The number of fused-ring (bicyclic) bond motifs is 1. The van der Waals surface area contributed by atoms with Crippen molar-refractivity contribution in [3.63, 3.8) is 0 Å². The van der Waals surface area contributed by atoms with Crippen molar-refractivity contribution in [1.29, 1.82) is 0 Å². The van der Waals surface area contributed by atoms with E-state index in [4.69, 9.17) is 0 Å². The van der Waals surface area contributed by atoms with E-state index in [-0.39, 0.29) is 6.04 Å². The maximum atomic E-state index is 10.3. The van der Waals surface area contributed by atoms with E-state index in [2.05, 4.69) is 43.0 Å². The minimum absolute atomic E-state index is 0.225. The molecule has 21 heavy (non-hydrogen) atoms. The zero-order chi connectivity index (χ0) is 14.8. The van der Waals surface area contributed by atoms with Gasteiger partial charge in [-0.25, -0.2) is 0 Å². The van der Waals surface area contributed by atoms with E-state index in [1.54, 1.807) is 6.07 Å². The summed E-state index contributed by atoms with van der Waals surface area (Å²) in [6.45, 7) is 4.49. The quantitative estimate of drug-likeness (QED) is 0.882. The zero-order valence-corrected chi connectivity index (χ0v) is 12.8. The molecule has 2 unspecified atom stereocenters. The Kier molecular flexibility index (Phi) is 3.87. The Morgan fingerprint density at radius 2 is 1.86 bits per heavy atom. The van der Waals surface area contributed by atoms with Crippen LogP contribution >= 0.6 is 0 Å². The molecule has 1 N–H and O–H groups in total. The molecule has 2 atom stereocenters. The highest BCUT2D eigenvalue weighted by molar-refractivity contribution is 5.59. The van der Waals surface area contributed by atoms with Gasteiger partial charge in [-0.05, 0) is 43.9 Å². The molecule has 0 radical (unpaired) electrons. The smallest absolute Gasteiger partial charge is 0.120 e. The Labute approximate surface area is 127 Å². The van der Waals surface area contributed by atoms with Gasteiger partial charge in [0.05, 0.1) is 6.04 Å². The van der Waals surface area contributed by atoms with E-state index in [0.29, 0.717) is 11.8 Å². The topological polar surface area (TPSA) is 23.5 Å². The van der Waals surface area contributed by atoms with Crippen molar-refractivity contribution in [3.8, 4) is 5.75 Å². The zero-order valence-electron chi connectivity index (χ0n) is 12.8. The highest BCUT2D eigenvalue weighted by Crippen LogP contribution is 2.40. The second kappa shape index (κ2) is 5.80. The Morgan fingerprint density at radius 1 is 1.14 bits per heavy atom. The summed E-state index contributed by atoms with van der Waals surface area (Å²) in [7, 11) is 0. The number of rotatable bonds is 3. The third-order valence-electron chi connectivity index (χ3n) is 4.59. The van der Waals surface area contributed by atoms with E-state index in [9.17, 15) is 5.11 Å². The molecule has 110 valence electrons. The van der Waals surface area contributed by atoms with Crippen LogP contribution < -0.4 is 4.90 Å². The lowest BCUT2D eigenvalue weighted by Crippen LogP contribution is -2.40. The largest absolute Gasteiger partial charge is 0.508 e. The third-order valence-corrected chi connectivity index (χ3v) is 4.59. The van der Waals surface area contributed by atoms with Gasteiger partial charge >= 0.3 is 0 Å². The minimum atomic E-state index is 0.225. The maximum Gasteiger partial charge on any atom is 0.120 e. The van der Waals surface area contributed by atoms with E-state index in [1.807, 2.05) is 18.2 Å². The molecule has 3 rings (SSSR count). The summed E-state index contributed by atoms with van der Waals surface area (Å²) in [6, 6.07) is 17.1. The van der Waals surface area contributed by atoms with Crippen LogP contribution in [-0.2, 0) is 6.42 Å². The number of benzene rings is 2. The fourth-order valence-electron chi connectivity index (χ4n) is 3.53. The van der Waals surface area contributed by atoms with E-state index >= 15 is 0 Å². The lowest BCUT2D eigenvalue weighted by Gasteiger charge is -2.43. The Hall–Kier alpha value is -1.96. The first-order chi connectivity index (χ1) is 10.2. The van der Waals surface area contributed by atoms with Crippen LogP contribution in [0.1, 0.15) is 43.9 Å². The SMILES string of the molecule is CCC(c1ccccc1O)N1c2ccccc2CCC1C. The Balaban J connectivity index is 2.07. The van der Waals surface area contributed by atoms with Gasteiger partial charge in [0.15, 0.2) is 0 Å². The van der Waals surface area contributed by atoms with Gasteiger partial charge in [-0.3, -0.25) is 0 Å². The van der Waals surface area contributed by atoms with E-state index in [0.717, 1.165) is 18.4 Å². The molecule has 2 aromatic carbocycles. The third kappa shape index (κ3) is 2.51. The summed E-state index contributed by atoms with van der Waals surface area (Å²) in [5.74, 6) is 0.402. The molecule has 1 aliphatic heterocycles. The molecular formula is C19H23NO. The van der Waals surface area contributed by atoms with Crippen LogP contribution in [0.4, 0.5) is 5.69 Å². The van der Waals surface area contributed by atoms with Crippen molar-refractivity contribution in [2.75, 3.05) is 4.90 Å². The highest BCUT2D eigenvalue weighted by Gasteiger charge is 2.30. The number of nitrogens with zero attached hydrogens (tertiary/aromatic N) is 1. The maximum absolute atomic E-state index is 10.3. The molecule has 0 fully saturated rings. The summed E-state index contributed by atoms with van der Waals surface area (Å²) < 4.78 is 0. The van der Waals surface area contributed by atoms with Crippen LogP contribution in [0.3, 0.4) is 0 Å². The molecule has 0 saturated heterocycles. The van der Waals surface area contributed by atoms with Crippen LogP contribution in [-0.4, -0.2) is 11.1 Å². The molecule has 2 heteroatoms. The number of phenols is 1. The average Bonchev–Trinajstić information content (AvgIpc) is 2.51. The standard InChI is InChI=1S/C19H23NO/c1-3-17(16-9-5-7-11-19(16)21)20-14(2)12-13-15-8-4-6-10-18(15)20/h4-11,14,17,21H,3,12-13H2,1-2H3. The lowest BCUT2D eigenvalue weighted by atomic mass is 9.91. The molecule has 1 heterocycles. The van der Waals surface area contributed by atoms with Gasteiger partial charge in [-0.15, -0.1) is 0 Å².